The van der Waals surface area contributed by atoms with E-state index in [0.717, 1.165) is 6.07 Å². The van der Waals surface area contributed by atoms with Crippen LogP contribution in [-0.4, -0.2) is 55.4 Å². The van der Waals surface area contributed by atoms with Gasteiger partial charge in [0.05, 0.1) is 5.56 Å². The van der Waals surface area contributed by atoms with Crippen LogP contribution in [0.3, 0.4) is 0 Å². The standard InChI is InChI=1S/C23H26F3N5O3/c1-22(2,3)34-21(33)30-11-8-15(9-12-30)27-20-29-28-19-17(5-4-10-31(19)20)16-7-6-14(13-18(16)32)23(24,25)26/h4-7,10,13,15,32H,8-9,11-12H2,1-3H3,(H,27,29). The van der Waals surface area contributed by atoms with Crippen molar-refractivity contribution >= 4 is 17.7 Å². The quantitative estimate of drug-likeness (QED) is 0.556. The highest BCUT2D eigenvalue weighted by molar-refractivity contribution is 5.82. The van der Waals surface area contributed by atoms with Crippen LogP contribution in [0.1, 0.15) is 39.2 Å². The van der Waals surface area contributed by atoms with Gasteiger partial charge in [0, 0.05) is 36.5 Å². The number of halogens is 3. The first kappa shape index (κ1) is 23.7. The van der Waals surface area contributed by atoms with Crippen LogP contribution in [0.25, 0.3) is 16.8 Å². The molecule has 1 amide bonds. The maximum absolute atomic E-state index is 12.9. The smallest absolute Gasteiger partial charge is 0.416 e. The van der Waals surface area contributed by atoms with Gasteiger partial charge in [-0.15, -0.1) is 10.2 Å². The van der Waals surface area contributed by atoms with Crippen molar-refractivity contribution in [2.75, 3.05) is 18.4 Å². The van der Waals surface area contributed by atoms with Gasteiger partial charge in [0.15, 0.2) is 5.65 Å². The van der Waals surface area contributed by atoms with Crippen LogP contribution in [0.2, 0.25) is 0 Å². The number of aromatic hydroxyl groups is 1. The summed E-state index contributed by atoms with van der Waals surface area (Å²) in [5, 5.41) is 22.0. The lowest BCUT2D eigenvalue weighted by Crippen LogP contribution is -2.44. The van der Waals surface area contributed by atoms with E-state index in [-0.39, 0.29) is 17.7 Å². The third-order valence-corrected chi connectivity index (χ3v) is 5.53. The topological polar surface area (TPSA) is 92.0 Å². The lowest BCUT2D eigenvalue weighted by atomic mass is 10.0. The first-order valence-electron chi connectivity index (χ1n) is 10.9. The molecule has 1 saturated heterocycles. The van der Waals surface area contributed by atoms with Gasteiger partial charge in [0.2, 0.25) is 5.95 Å². The Kier molecular flexibility index (Phi) is 6.05. The molecule has 1 fully saturated rings. The maximum Gasteiger partial charge on any atom is 0.416 e. The summed E-state index contributed by atoms with van der Waals surface area (Å²) in [6.45, 7) is 6.55. The number of phenolic OH excluding ortho intramolecular Hbond substituents is 1. The molecule has 0 radical (unpaired) electrons. The molecular weight excluding hydrogens is 451 g/mol. The fourth-order valence-corrected chi connectivity index (χ4v) is 3.88. The number of carbonyl (C=O) groups excluding carboxylic acids is 1. The maximum atomic E-state index is 12.9. The second-order valence-electron chi connectivity index (χ2n) is 9.25. The van der Waals surface area contributed by atoms with Crippen molar-refractivity contribution in [1.82, 2.24) is 19.5 Å². The number of ether oxygens (including phenoxy) is 1. The molecule has 8 nitrogen and oxygen atoms in total. The van der Waals surface area contributed by atoms with Crippen molar-refractivity contribution in [3.05, 3.63) is 42.1 Å². The Hall–Kier alpha value is -3.50. The first-order chi connectivity index (χ1) is 15.9. The van der Waals surface area contributed by atoms with Crippen LogP contribution in [0.15, 0.2) is 36.5 Å². The zero-order valence-corrected chi connectivity index (χ0v) is 19.1. The summed E-state index contributed by atoms with van der Waals surface area (Å²) >= 11 is 0. The number of alkyl halides is 3. The molecular formula is C23H26F3N5O3. The van der Waals surface area contributed by atoms with Crippen molar-refractivity contribution in [2.45, 2.75) is 51.4 Å². The molecule has 3 heterocycles. The van der Waals surface area contributed by atoms with E-state index in [1.165, 1.54) is 6.07 Å². The van der Waals surface area contributed by atoms with E-state index in [4.69, 9.17) is 4.74 Å². The number of anilines is 1. The number of aromatic nitrogens is 3. The van der Waals surface area contributed by atoms with Crippen LogP contribution in [0.4, 0.5) is 23.9 Å². The normalized spacial score (nSPS) is 15.5. The number of hydrogen-bond acceptors (Lipinski definition) is 6. The van der Waals surface area contributed by atoms with Crippen molar-refractivity contribution < 1.29 is 27.8 Å². The minimum absolute atomic E-state index is 0.0502. The molecule has 2 N–H and O–H groups in total. The SMILES string of the molecule is CC(C)(C)OC(=O)N1CCC(Nc2nnc3c(-c4ccc(C(F)(F)F)cc4O)cccn23)CC1. The van der Waals surface area contributed by atoms with Gasteiger partial charge in [0.25, 0.3) is 0 Å². The predicted molar refractivity (Wildman–Crippen MR) is 120 cm³/mol. The number of pyridine rings is 1. The van der Waals surface area contributed by atoms with Gasteiger partial charge in [-0.3, -0.25) is 4.40 Å². The Bertz CT molecular complexity index is 1190. The molecule has 4 rings (SSSR count). The second kappa shape index (κ2) is 8.69. The Morgan fingerprint density at radius 3 is 2.44 bits per heavy atom. The monoisotopic (exact) mass is 477 g/mol. The van der Waals surface area contributed by atoms with Gasteiger partial charge in [-0.05, 0) is 63.9 Å². The van der Waals surface area contributed by atoms with E-state index in [1.807, 2.05) is 20.8 Å². The molecule has 3 aromatic rings. The highest BCUT2D eigenvalue weighted by Crippen LogP contribution is 2.37. The minimum atomic E-state index is -4.55. The number of nitrogens with one attached hydrogen (secondary N) is 1. The molecule has 0 unspecified atom stereocenters. The Morgan fingerprint density at radius 2 is 1.82 bits per heavy atom. The van der Waals surface area contributed by atoms with Crippen LogP contribution in [0.5, 0.6) is 5.75 Å². The fourth-order valence-electron chi connectivity index (χ4n) is 3.88. The third-order valence-electron chi connectivity index (χ3n) is 5.53. The Balaban J connectivity index is 1.50. The van der Waals surface area contributed by atoms with Gasteiger partial charge in [-0.1, -0.05) is 0 Å². The number of fused-ring (bicyclic) bond motifs is 1. The minimum Gasteiger partial charge on any atom is -0.507 e. The molecule has 34 heavy (non-hydrogen) atoms. The van der Waals surface area contributed by atoms with Crippen molar-refractivity contribution in [2.24, 2.45) is 0 Å². The molecule has 0 bridgehead atoms. The summed E-state index contributed by atoms with van der Waals surface area (Å²) in [7, 11) is 0. The molecule has 1 aliphatic rings. The molecule has 0 saturated carbocycles. The van der Waals surface area contributed by atoms with Gasteiger partial charge >= 0.3 is 12.3 Å². The zero-order valence-electron chi connectivity index (χ0n) is 19.1. The average Bonchev–Trinajstić information content (AvgIpc) is 3.15. The van der Waals surface area contributed by atoms with E-state index in [0.29, 0.717) is 49.2 Å². The average molecular weight is 477 g/mol. The second-order valence-corrected chi connectivity index (χ2v) is 9.25. The number of nitrogens with zero attached hydrogens (tertiary/aromatic N) is 4. The lowest BCUT2D eigenvalue weighted by Gasteiger charge is -2.33. The number of rotatable bonds is 3. The van der Waals surface area contributed by atoms with Crippen LogP contribution in [-0.2, 0) is 10.9 Å². The Labute approximate surface area is 194 Å². The highest BCUT2D eigenvalue weighted by Gasteiger charge is 2.31. The number of amides is 1. The largest absolute Gasteiger partial charge is 0.507 e. The van der Waals surface area contributed by atoms with E-state index >= 15 is 0 Å². The molecule has 0 spiro atoms. The summed E-state index contributed by atoms with van der Waals surface area (Å²) in [6, 6.07) is 6.27. The molecule has 0 atom stereocenters. The van der Waals surface area contributed by atoms with E-state index in [2.05, 4.69) is 15.5 Å². The molecule has 2 aromatic heterocycles. The Morgan fingerprint density at radius 1 is 1.12 bits per heavy atom. The number of piperidine rings is 1. The highest BCUT2D eigenvalue weighted by atomic mass is 19.4. The molecule has 11 heteroatoms. The summed E-state index contributed by atoms with van der Waals surface area (Å²) in [4.78, 5) is 13.9. The molecule has 182 valence electrons. The lowest BCUT2D eigenvalue weighted by molar-refractivity contribution is -0.137. The van der Waals surface area contributed by atoms with Gasteiger partial charge in [-0.2, -0.15) is 13.2 Å². The number of hydrogen-bond donors (Lipinski definition) is 2. The summed E-state index contributed by atoms with van der Waals surface area (Å²) < 4.78 is 46.0. The van der Waals surface area contributed by atoms with Crippen molar-refractivity contribution in [3.8, 4) is 16.9 Å². The van der Waals surface area contributed by atoms with Gasteiger partial charge < -0.3 is 20.1 Å². The van der Waals surface area contributed by atoms with Crippen molar-refractivity contribution in [3.63, 3.8) is 0 Å². The first-order valence-corrected chi connectivity index (χ1v) is 10.9. The fraction of sp³-hybridized carbons (Fsp3) is 0.435. The summed E-state index contributed by atoms with van der Waals surface area (Å²) in [6.07, 6.45) is -1.77. The van der Waals surface area contributed by atoms with Gasteiger partial charge in [-0.25, -0.2) is 4.79 Å². The number of phenols is 1. The summed E-state index contributed by atoms with van der Waals surface area (Å²) in [5.41, 5.74) is -0.406. The van der Waals surface area contributed by atoms with Crippen LogP contribution >= 0.6 is 0 Å². The predicted octanol–water partition coefficient (Wildman–Crippen LogP) is 4.93. The molecule has 1 aliphatic heterocycles. The van der Waals surface area contributed by atoms with Crippen LogP contribution in [0, 0.1) is 0 Å². The number of benzene rings is 1. The number of carbonyl (C=O) groups is 1. The van der Waals surface area contributed by atoms with Crippen LogP contribution < -0.4 is 5.32 Å². The number of likely N-dealkylation sites (tertiary alicyclic amines) is 1. The summed E-state index contributed by atoms with van der Waals surface area (Å²) in [5.74, 6) is -0.0195. The zero-order chi connectivity index (χ0) is 24.7. The van der Waals surface area contributed by atoms with E-state index in [1.54, 1.807) is 27.6 Å². The third kappa shape index (κ3) is 5.02. The van der Waals surface area contributed by atoms with Crippen molar-refractivity contribution in [1.29, 1.82) is 0 Å². The van der Waals surface area contributed by atoms with E-state index in [9.17, 15) is 23.1 Å². The molecule has 0 aliphatic carbocycles. The van der Waals surface area contributed by atoms with Gasteiger partial charge in [0.1, 0.15) is 11.4 Å². The molecule has 1 aromatic carbocycles. The van der Waals surface area contributed by atoms with E-state index < -0.39 is 23.1 Å².